The van der Waals surface area contributed by atoms with Crippen molar-refractivity contribution in [1.29, 1.82) is 0 Å². The number of nitrogens with one attached hydrogen (secondary N) is 1. The number of hydrogen-bond donors (Lipinski definition) is 5. The predicted octanol–water partition coefficient (Wildman–Crippen LogP) is -1.84. The zero-order valence-electron chi connectivity index (χ0n) is 7.94. The van der Waals surface area contributed by atoms with Gasteiger partial charge in [-0.3, -0.25) is 4.79 Å². The van der Waals surface area contributed by atoms with Crippen LogP contribution in [0.5, 0.6) is 0 Å². The van der Waals surface area contributed by atoms with Gasteiger partial charge in [0.15, 0.2) is 0 Å². The van der Waals surface area contributed by atoms with Gasteiger partial charge in [0.1, 0.15) is 0 Å². The summed E-state index contributed by atoms with van der Waals surface area (Å²) in [6, 6.07) is 0. The summed E-state index contributed by atoms with van der Waals surface area (Å²) in [6.45, 7) is -0.860. The molecule has 0 unspecified atom stereocenters. The predicted molar refractivity (Wildman–Crippen MR) is 48.9 cm³/mol. The van der Waals surface area contributed by atoms with Gasteiger partial charge in [0.2, 0.25) is 0 Å². The van der Waals surface area contributed by atoms with E-state index in [0.717, 1.165) is 0 Å². The summed E-state index contributed by atoms with van der Waals surface area (Å²) in [5.41, 5.74) is -1.11. The third kappa shape index (κ3) is 4.52. The minimum Gasteiger partial charge on any atom is -0.481 e. The number of carbonyl (C=O) groups is 1. The first-order chi connectivity index (χ1) is 6.60. The number of carboxylic acid groups (broad SMARTS) is 1. The Morgan fingerprint density at radius 3 is 2.00 bits per heavy atom. The van der Waals surface area contributed by atoms with Crippen LogP contribution in [-0.4, -0.2) is 58.3 Å². The van der Waals surface area contributed by atoms with Crippen molar-refractivity contribution in [2.45, 2.75) is 18.4 Å². The van der Waals surface area contributed by atoms with Gasteiger partial charge in [-0.05, 0) is 13.0 Å². The molecule has 84 valence electrons. The van der Waals surface area contributed by atoms with Gasteiger partial charge in [-0.25, -0.2) is 0 Å². The van der Waals surface area contributed by atoms with Crippen LogP contribution in [0.1, 0.15) is 12.8 Å². The molecule has 0 amide bonds. The van der Waals surface area contributed by atoms with E-state index < -0.39 is 31.3 Å². The van der Waals surface area contributed by atoms with Gasteiger partial charge >= 0.3 is 5.97 Å². The van der Waals surface area contributed by atoms with Crippen LogP contribution in [-0.2, 0) is 4.79 Å². The van der Waals surface area contributed by atoms with E-state index in [9.17, 15) is 4.79 Å². The molecule has 6 nitrogen and oxygen atoms in total. The maximum Gasteiger partial charge on any atom is 0.303 e. The van der Waals surface area contributed by atoms with E-state index in [1.807, 2.05) is 0 Å². The molecular formula is C8H17NO5. The van der Waals surface area contributed by atoms with Crippen LogP contribution in [0, 0.1) is 0 Å². The Kier molecular flexibility index (Phi) is 6.39. The summed E-state index contributed by atoms with van der Waals surface area (Å²) in [6.07, 6.45) is 0.405. The molecule has 14 heavy (non-hydrogen) atoms. The average Bonchev–Trinajstić information content (AvgIpc) is 2.19. The number of aliphatic carboxylic acids is 1. The van der Waals surface area contributed by atoms with Crippen LogP contribution >= 0.6 is 0 Å². The number of aliphatic hydroxyl groups excluding tert-OH is 3. The lowest BCUT2D eigenvalue weighted by Crippen LogP contribution is -2.55. The first-order valence-electron chi connectivity index (χ1n) is 4.39. The molecule has 0 rings (SSSR count). The molecule has 0 aliphatic carbocycles. The molecule has 5 N–H and O–H groups in total. The Morgan fingerprint density at radius 2 is 1.64 bits per heavy atom. The zero-order chi connectivity index (χ0) is 11.0. The van der Waals surface area contributed by atoms with Gasteiger partial charge in [-0.15, -0.1) is 0 Å². The SMILES string of the molecule is O=C(O)CCCNC(CO)(CO)CO. The Hall–Kier alpha value is -0.690. The van der Waals surface area contributed by atoms with Gasteiger partial charge in [-0.1, -0.05) is 0 Å². The Morgan fingerprint density at radius 1 is 1.14 bits per heavy atom. The molecule has 0 bridgehead atoms. The second-order valence-corrected chi connectivity index (χ2v) is 3.18. The number of aliphatic hydroxyl groups is 3. The number of carboxylic acids is 1. The van der Waals surface area contributed by atoms with Crippen LogP contribution in [0.25, 0.3) is 0 Å². The van der Waals surface area contributed by atoms with Crippen LogP contribution in [0.3, 0.4) is 0 Å². The van der Waals surface area contributed by atoms with Crippen LogP contribution in [0.4, 0.5) is 0 Å². The number of rotatable bonds is 8. The summed E-state index contributed by atoms with van der Waals surface area (Å²) in [5, 5.41) is 37.7. The van der Waals surface area contributed by atoms with Gasteiger partial charge < -0.3 is 25.7 Å². The molecule has 0 saturated carbocycles. The van der Waals surface area contributed by atoms with E-state index in [2.05, 4.69) is 5.32 Å². The molecule has 0 aliphatic rings. The molecule has 0 saturated heterocycles. The highest BCUT2D eigenvalue weighted by Crippen LogP contribution is 2.01. The summed E-state index contributed by atoms with van der Waals surface area (Å²) < 4.78 is 0. The van der Waals surface area contributed by atoms with E-state index in [1.54, 1.807) is 0 Å². The quantitative estimate of drug-likeness (QED) is 0.299. The van der Waals surface area contributed by atoms with E-state index in [-0.39, 0.29) is 6.42 Å². The molecule has 0 heterocycles. The lowest BCUT2D eigenvalue weighted by atomic mass is 10.0. The monoisotopic (exact) mass is 207 g/mol. The molecule has 0 spiro atoms. The van der Waals surface area contributed by atoms with Crippen molar-refractivity contribution in [2.75, 3.05) is 26.4 Å². The highest BCUT2D eigenvalue weighted by Gasteiger charge is 2.26. The average molecular weight is 207 g/mol. The maximum atomic E-state index is 10.2. The lowest BCUT2D eigenvalue weighted by Gasteiger charge is -2.28. The van der Waals surface area contributed by atoms with Gasteiger partial charge in [0, 0.05) is 6.42 Å². The normalized spacial score (nSPS) is 11.6. The van der Waals surface area contributed by atoms with E-state index >= 15 is 0 Å². The van der Waals surface area contributed by atoms with E-state index in [4.69, 9.17) is 20.4 Å². The largest absolute Gasteiger partial charge is 0.481 e. The smallest absolute Gasteiger partial charge is 0.303 e. The van der Waals surface area contributed by atoms with Gasteiger partial charge in [0.25, 0.3) is 0 Å². The summed E-state index contributed by atoms with van der Waals surface area (Å²) in [4.78, 5) is 10.2. The highest BCUT2D eigenvalue weighted by atomic mass is 16.4. The second kappa shape index (κ2) is 6.72. The fourth-order valence-electron chi connectivity index (χ4n) is 0.911. The summed E-state index contributed by atoms with van der Waals surface area (Å²) >= 11 is 0. The minimum absolute atomic E-state index is 0.0192. The minimum atomic E-state index is -1.11. The van der Waals surface area contributed by atoms with Crippen molar-refractivity contribution >= 4 is 5.97 Å². The van der Waals surface area contributed by atoms with E-state index in [1.165, 1.54) is 0 Å². The maximum absolute atomic E-state index is 10.2. The van der Waals surface area contributed by atoms with E-state index in [0.29, 0.717) is 13.0 Å². The van der Waals surface area contributed by atoms with Gasteiger partial charge in [0.05, 0.1) is 25.4 Å². The topological polar surface area (TPSA) is 110 Å². The third-order valence-corrected chi connectivity index (χ3v) is 1.98. The Balaban J connectivity index is 3.77. The summed E-state index contributed by atoms with van der Waals surface area (Å²) in [7, 11) is 0. The molecule has 0 aromatic carbocycles. The molecule has 0 fully saturated rings. The third-order valence-electron chi connectivity index (χ3n) is 1.98. The number of hydrogen-bond acceptors (Lipinski definition) is 5. The van der Waals surface area contributed by atoms with Crippen molar-refractivity contribution < 1.29 is 25.2 Å². The zero-order valence-corrected chi connectivity index (χ0v) is 7.94. The molecule has 6 heteroatoms. The fraction of sp³-hybridized carbons (Fsp3) is 0.875. The van der Waals surface area contributed by atoms with Crippen LogP contribution in [0.2, 0.25) is 0 Å². The standard InChI is InChI=1S/C8H17NO5/c10-4-8(5-11,6-12)9-3-1-2-7(13)14/h9-12H,1-6H2,(H,13,14). The van der Waals surface area contributed by atoms with Crippen LogP contribution in [0.15, 0.2) is 0 Å². The second-order valence-electron chi connectivity index (χ2n) is 3.18. The van der Waals surface area contributed by atoms with Crippen molar-refractivity contribution in [3.8, 4) is 0 Å². The molecule has 0 aromatic rings. The lowest BCUT2D eigenvalue weighted by molar-refractivity contribution is -0.137. The molecule has 0 atom stereocenters. The van der Waals surface area contributed by atoms with Crippen LogP contribution < -0.4 is 5.32 Å². The van der Waals surface area contributed by atoms with Gasteiger partial charge in [-0.2, -0.15) is 0 Å². The highest BCUT2D eigenvalue weighted by molar-refractivity contribution is 5.66. The van der Waals surface area contributed by atoms with Crippen molar-refractivity contribution in [3.05, 3.63) is 0 Å². The molecule has 0 aliphatic heterocycles. The first kappa shape index (κ1) is 13.3. The Labute approximate surface area is 82.2 Å². The Bertz CT molecular complexity index is 161. The first-order valence-corrected chi connectivity index (χ1v) is 4.39. The molecule has 0 aromatic heterocycles. The van der Waals surface area contributed by atoms with Crippen molar-refractivity contribution in [2.24, 2.45) is 0 Å². The van der Waals surface area contributed by atoms with Crippen molar-refractivity contribution in [1.82, 2.24) is 5.32 Å². The molecular weight excluding hydrogens is 190 g/mol. The van der Waals surface area contributed by atoms with Crippen molar-refractivity contribution in [3.63, 3.8) is 0 Å². The molecule has 0 radical (unpaired) electrons. The summed E-state index contributed by atoms with van der Waals surface area (Å²) in [5.74, 6) is -0.894. The fourth-order valence-corrected chi connectivity index (χ4v) is 0.911.